The number of carbonyl (C=O) groups excluding carboxylic acids is 1. The molecule has 0 aliphatic carbocycles. The summed E-state index contributed by atoms with van der Waals surface area (Å²) in [6, 6.07) is 13.6. The summed E-state index contributed by atoms with van der Waals surface area (Å²) in [6.07, 6.45) is 0. The number of thiophene rings is 1. The molecule has 24 heavy (non-hydrogen) atoms. The van der Waals surface area contributed by atoms with Crippen LogP contribution in [0.5, 0.6) is 0 Å². The molecular weight excluding hydrogens is 344 g/mol. The Hall–Kier alpha value is -2.38. The standard InChI is InChI=1S/C17H16N2O3S2/c1-11-3-6-14(7-4-11)24(21,22)19(2)13-5-8-15-12(9-13)10-16(23-15)17(18)20/h3-10H,1-2H3,(H2,18,20). The third-order valence-corrected chi connectivity index (χ3v) is 6.72. The van der Waals surface area contributed by atoms with Crippen LogP contribution in [0.2, 0.25) is 0 Å². The molecule has 2 aromatic carbocycles. The van der Waals surface area contributed by atoms with E-state index in [0.29, 0.717) is 10.6 Å². The summed E-state index contributed by atoms with van der Waals surface area (Å²) in [6.45, 7) is 1.90. The van der Waals surface area contributed by atoms with Gasteiger partial charge in [0.05, 0.1) is 15.5 Å². The lowest BCUT2D eigenvalue weighted by Gasteiger charge is -2.19. The van der Waals surface area contributed by atoms with E-state index in [-0.39, 0.29) is 4.90 Å². The minimum atomic E-state index is -3.64. The van der Waals surface area contributed by atoms with Crippen LogP contribution in [0.1, 0.15) is 15.2 Å². The van der Waals surface area contributed by atoms with Gasteiger partial charge in [0.2, 0.25) is 0 Å². The summed E-state index contributed by atoms with van der Waals surface area (Å²) in [5.74, 6) is -0.488. The number of benzene rings is 2. The van der Waals surface area contributed by atoms with Crippen molar-refractivity contribution in [2.24, 2.45) is 5.73 Å². The molecule has 0 unspecified atom stereocenters. The molecule has 5 nitrogen and oxygen atoms in total. The number of primary amides is 1. The normalized spacial score (nSPS) is 11.6. The zero-order valence-electron chi connectivity index (χ0n) is 13.2. The summed E-state index contributed by atoms with van der Waals surface area (Å²) in [7, 11) is -2.13. The van der Waals surface area contributed by atoms with Crippen LogP contribution in [-0.4, -0.2) is 21.4 Å². The molecule has 2 N–H and O–H groups in total. The maximum Gasteiger partial charge on any atom is 0.264 e. The first-order valence-corrected chi connectivity index (χ1v) is 9.44. The SMILES string of the molecule is Cc1ccc(S(=O)(=O)N(C)c2ccc3sc(C(N)=O)cc3c2)cc1. The number of fused-ring (bicyclic) bond motifs is 1. The van der Waals surface area contributed by atoms with Crippen molar-refractivity contribution >= 4 is 43.0 Å². The second-order valence-electron chi connectivity index (χ2n) is 5.48. The molecular formula is C17H16N2O3S2. The zero-order valence-corrected chi connectivity index (χ0v) is 14.8. The number of nitrogens with zero attached hydrogens (tertiary/aromatic N) is 1. The summed E-state index contributed by atoms with van der Waals surface area (Å²) in [5.41, 5.74) is 6.82. The van der Waals surface area contributed by atoms with Crippen molar-refractivity contribution < 1.29 is 13.2 Å². The largest absolute Gasteiger partial charge is 0.365 e. The Kier molecular flexibility index (Phi) is 4.06. The molecule has 0 saturated carbocycles. The van der Waals surface area contributed by atoms with Crippen LogP contribution in [0.3, 0.4) is 0 Å². The highest BCUT2D eigenvalue weighted by Gasteiger charge is 2.21. The summed E-state index contributed by atoms with van der Waals surface area (Å²) in [5, 5.41) is 0.789. The highest BCUT2D eigenvalue weighted by Crippen LogP contribution is 2.31. The minimum Gasteiger partial charge on any atom is -0.365 e. The van der Waals surface area contributed by atoms with Gasteiger partial charge in [0.1, 0.15) is 0 Å². The van der Waals surface area contributed by atoms with Crippen molar-refractivity contribution in [1.82, 2.24) is 0 Å². The van der Waals surface area contributed by atoms with Gasteiger partial charge in [0.25, 0.3) is 15.9 Å². The summed E-state index contributed by atoms with van der Waals surface area (Å²) < 4.78 is 27.6. The lowest BCUT2D eigenvalue weighted by atomic mass is 10.2. The highest BCUT2D eigenvalue weighted by atomic mass is 32.2. The number of hydrogen-bond acceptors (Lipinski definition) is 4. The quantitative estimate of drug-likeness (QED) is 0.776. The minimum absolute atomic E-state index is 0.235. The number of aryl methyl sites for hydroxylation is 1. The number of hydrogen-bond donors (Lipinski definition) is 1. The van der Waals surface area contributed by atoms with Crippen molar-refractivity contribution in [3.8, 4) is 0 Å². The fourth-order valence-corrected chi connectivity index (χ4v) is 4.44. The van der Waals surface area contributed by atoms with Crippen LogP contribution < -0.4 is 10.0 Å². The number of nitrogens with two attached hydrogens (primary N) is 1. The van der Waals surface area contributed by atoms with Gasteiger partial charge >= 0.3 is 0 Å². The van der Waals surface area contributed by atoms with Gasteiger partial charge in [-0.3, -0.25) is 9.10 Å². The van der Waals surface area contributed by atoms with Crippen LogP contribution in [0.15, 0.2) is 53.4 Å². The number of amides is 1. The molecule has 1 aromatic heterocycles. The second-order valence-corrected chi connectivity index (χ2v) is 8.54. The third-order valence-electron chi connectivity index (χ3n) is 3.79. The van der Waals surface area contributed by atoms with Crippen LogP contribution in [0.4, 0.5) is 5.69 Å². The van der Waals surface area contributed by atoms with Gasteiger partial charge in [-0.2, -0.15) is 0 Å². The van der Waals surface area contributed by atoms with Crippen LogP contribution >= 0.6 is 11.3 Å². The predicted molar refractivity (Wildman–Crippen MR) is 97.1 cm³/mol. The molecule has 0 radical (unpaired) electrons. The van der Waals surface area contributed by atoms with E-state index in [9.17, 15) is 13.2 Å². The van der Waals surface area contributed by atoms with E-state index in [0.717, 1.165) is 15.6 Å². The van der Waals surface area contributed by atoms with Crippen LogP contribution in [0.25, 0.3) is 10.1 Å². The average molecular weight is 360 g/mol. The van der Waals surface area contributed by atoms with Gasteiger partial charge in [-0.1, -0.05) is 17.7 Å². The van der Waals surface area contributed by atoms with Crippen LogP contribution in [0, 0.1) is 6.92 Å². The number of anilines is 1. The van der Waals surface area contributed by atoms with Crippen molar-refractivity contribution in [3.05, 3.63) is 59.0 Å². The summed E-state index contributed by atoms with van der Waals surface area (Å²) >= 11 is 1.29. The first-order chi connectivity index (χ1) is 11.3. The lowest BCUT2D eigenvalue weighted by Crippen LogP contribution is -2.26. The van der Waals surface area contributed by atoms with Crippen LogP contribution in [-0.2, 0) is 10.0 Å². The first-order valence-electron chi connectivity index (χ1n) is 7.18. The van der Waals surface area contributed by atoms with E-state index < -0.39 is 15.9 Å². The highest BCUT2D eigenvalue weighted by molar-refractivity contribution is 7.92. The van der Waals surface area contributed by atoms with Crippen molar-refractivity contribution in [1.29, 1.82) is 0 Å². The molecule has 0 bridgehead atoms. The van der Waals surface area contributed by atoms with E-state index in [1.807, 2.05) is 6.92 Å². The molecule has 1 amide bonds. The Labute approximate surface area is 144 Å². The predicted octanol–water partition coefficient (Wildman–Crippen LogP) is 3.13. The Morgan fingerprint density at radius 2 is 1.75 bits per heavy atom. The molecule has 3 aromatic rings. The van der Waals surface area contributed by atoms with E-state index in [4.69, 9.17) is 5.73 Å². The molecule has 7 heteroatoms. The van der Waals surface area contributed by atoms with Gasteiger partial charge in [-0.15, -0.1) is 11.3 Å². The molecule has 1 heterocycles. The monoisotopic (exact) mass is 360 g/mol. The molecule has 3 rings (SSSR count). The van der Waals surface area contributed by atoms with Crippen molar-refractivity contribution in [2.45, 2.75) is 11.8 Å². The van der Waals surface area contributed by atoms with Gasteiger partial charge in [-0.25, -0.2) is 8.42 Å². The van der Waals surface area contributed by atoms with E-state index in [1.165, 1.54) is 22.7 Å². The molecule has 0 spiro atoms. The fraction of sp³-hybridized carbons (Fsp3) is 0.118. The fourth-order valence-electron chi connectivity index (χ4n) is 2.36. The molecule has 0 atom stereocenters. The van der Waals surface area contributed by atoms with Crippen molar-refractivity contribution in [3.63, 3.8) is 0 Å². The molecule has 124 valence electrons. The van der Waals surface area contributed by atoms with Gasteiger partial charge in [-0.05, 0) is 48.7 Å². The van der Waals surface area contributed by atoms with Gasteiger partial charge < -0.3 is 5.73 Å². The Bertz CT molecular complexity index is 1020. The number of carbonyl (C=O) groups is 1. The Balaban J connectivity index is 2.02. The lowest BCUT2D eigenvalue weighted by molar-refractivity contribution is 0.100. The van der Waals surface area contributed by atoms with E-state index in [2.05, 4.69) is 0 Å². The number of sulfonamides is 1. The van der Waals surface area contributed by atoms with Gasteiger partial charge in [0, 0.05) is 11.7 Å². The maximum absolute atomic E-state index is 12.7. The van der Waals surface area contributed by atoms with E-state index >= 15 is 0 Å². The number of rotatable bonds is 4. The zero-order chi connectivity index (χ0) is 17.5. The smallest absolute Gasteiger partial charge is 0.264 e. The van der Waals surface area contributed by atoms with Gasteiger partial charge in [0.15, 0.2) is 0 Å². The molecule has 0 aliphatic heterocycles. The topological polar surface area (TPSA) is 80.5 Å². The summed E-state index contributed by atoms with van der Waals surface area (Å²) in [4.78, 5) is 12.0. The molecule has 0 fully saturated rings. The maximum atomic E-state index is 12.7. The Morgan fingerprint density at radius 1 is 1.08 bits per heavy atom. The second kappa shape index (κ2) is 5.92. The molecule has 0 aliphatic rings. The first kappa shape index (κ1) is 16.5. The molecule has 0 saturated heterocycles. The average Bonchev–Trinajstić information content (AvgIpc) is 2.98. The third kappa shape index (κ3) is 2.88. The van der Waals surface area contributed by atoms with E-state index in [1.54, 1.807) is 48.5 Å². The Morgan fingerprint density at radius 3 is 2.38 bits per heavy atom. The van der Waals surface area contributed by atoms with Crippen molar-refractivity contribution in [2.75, 3.05) is 11.4 Å².